The molecule has 0 aromatic heterocycles. The number of halogens is 1. The molecule has 1 N–H and O–H groups in total. The van der Waals surface area contributed by atoms with Crippen LogP contribution >= 0.6 is 15.9 Å². The van der Waals surface area contributed by atoms with Crippen molar-refractivity contribution in [3.05, 3.63) is 122 Å². The highest BCUT2D eigenvalue weighted by atomic mass is 79.9. The van der Waals surface area contributed by atoms with Crippen molar-refractivity contribution in [1.82, 2.24) is 4.90 Å². The molecular formula is C33H31BrN6O3. The topological polar surface area (TPSA) is 94.3 Å². The third-order valence-electron chi connectivity index (χ3n) is 7.88. The molecule has 0 radical (unpaired) electrons. The Hall–Kier alpha value is -4.54. The molecule has 0 bridgehead atoms. The third kappa shape index (κ3) is 6.16. The standard InChI is InChI=1S/C33H31BrN6O3/c1-23-11-12-25(19-28(23)34)36-32-27-9-5-6-10-30(27)39(33(32)41)22-37-15-17-38(18-16-37)26-13-14-31(40(42)43)29(20-26)35-21-24-7-3-2-4-8-24/h2-14,19-20,35H,15-18,21-22H2,1H3. The van der Waals surface area contributed by atoms with Gasteiger partial charge in [-0.05, 0) is 48.4 Å². The number of fused-ring (bicyclic) bond motifs is 1. The van der Waals surface area contributed by atoms with Crippen molar-refractivity contribution in [3.8, 4) is 0 Å². The number of hydrogen-bond acceptors (Lipinski definition) is 7. The molecule has 0 unspecified atom stereocenters. The Labute approximate surface area is 258 Å². The lowest BCUT2D eigenvalue weighted by molar-refractivity contribution is -0.384. The van der Waals surface area contributed by atoms with Crippen LogP contribution in [0.2, 0.25) is 0 Å². The highest BCUT2D eigenvalue weighted by Gasteiger charge is 2.35. The summed E-state index contributed by atoms with van der Waals surface area (Å²) in [4.78, 5) is 36.1. The van der Waals surface area contributed by atoms with Gasteiger partial charge in [0.2, 0.25) is 0 Å². The molecule has 0 aliphatic carbocycles. The van der Waals surface area contributed by atoms with Crippen LogP contribution in [0.25, 0.3) is 0 Å². The molecule has 4 aromatic carbocycles. The Morgan fingerprint density at radius 3 is 2.42 bits per heavy atom. The fraction of sp³-hybridized carbons (Fsp3) is 0.212. The summed E-state index contributed by atoms with van der Waals surface area (Å²) < 4.78 is 0.954. The van der Waals surface area contributed by atoms with Gasteiger partial charge in [0.1, 0.15) is 11.4 Å². The van der Waals surface area contributed by atoms with Gasteiger partial charge in [-0.25, -0.2) is 4.99 Å². The number of aryl methyl sites for hydroxylation is 1. The summed E-state index contributed by atoms with van der Waals surface area (Å²) in [6.07, 6.45) is 0. The molecule has 4 aromatic rings. The van der Waals surface area contributed by atoms with E-state index in [1.54, 1.807) is 6.07 Å². The van der Waals surface area contributed by atoms with Crippen molar-refractivity contribution < 1.29 is 9.72 Å². The minimum Gasteiger partial charge on any atom is -0.375 e. The van der Waals surface area contributed by atoms with E-state index in [9.17, 15) is 14.9 Å². The Kier molecular flexibility index (Phi) is 8.22. The number of carbonyl (C=O) groups excluding carboxylic acids is 1. The molecule has 6 rings (SSSR count). The second kappa shape index (κ2) is 12.4. The number of piperazine rings is 1. The highest BCUT2D eigenvalue weighted by Crippen LogP contribution is 2.33. The Morgan fingerprint density at radius 1 is 0.930 bits per heavy atom. The van der Waals surface area contributed by atoms with Gasteiger partial charge in [0, 0.05) is 54.5 Å². The van der Waals surface area contributed by atoms with Crippen LogP contribution in [0, 0.1) is 17.0 Å². The first-order chi connectivity index (χ1) is 20.9. The molecule has 9 nitrogen and oxygen atoms in total. The molecule has 2 heterocycles. The molecular weight excluding hydrogens is 608 g/mol. The first-order valence-corrected chi connectivity index (χ1v) is 15.0. The van der Waals surface area contributed by atoms with Crippen LogP contribution in [0.5, 0.6) is 0 Å². The number of carbonyl (C=O) groups is 1. The van der Waals surface area contributed by atoms with Crippen LogP contribution in [-0.4, -0.2) is 54.3 Å². The summed E-state index contributed by atoms with van der Waals surface area (Å²) in [5, 5.41) is 15.0. The van der Waals surface area contributed by atoms with Gasteiger partial charge in [-0.15, -0.1) is 0 Å². The number of para-hydroxylation sites is 1. The Morgan fingerprint density at radius 2 is 1.67 bits per heavy atom. The van der Waals surface area contributed by atoms with Crippen molar-refractivity contribution in [2.75, 3.05) is 48.0 Å². The first kappa shape index (κ1) is 28.6. The molecule has 1 fully saturated rings. The minimum absolute atomic E-state index is 0.0555. The number of hydrogen-bond donors (Lipinski definition) is 1. The van der Waals surface area contributed by atoms with Gasteiger partial charge in [-0.3, -0.25) is 24.7 Å². The van der Waals surface area contributed by atoms with E-state index in [0.29, 0.717) is 24.6 Å². The van der Waals surface area contributed by atoms with Crippen LogP contribution in [0.3, 0.4) is 0 Å². The Balaban J connectivity index is 1.14. The molecule has 10 heteroatoms. The van der Waals surface area contributed by atoms with Crippen LogP contribution in [-0.2, 0) is 11.3 Å². The lowest BCUT2D eigenvalue weighted by Gasteiger charge is -2.37. The number of nitro benzene ring substituents is 1. The van der Waals surface area contributed by atoms with Crippen molar-refractivity contribution in [3.63, 3.8) is 0 Å². The zero-order chi connectivity index (χ0) is 29.9. The average molecular weight is 640 g/mol. The lowest BCUT2D eigenvalue weighted by Crippen LogP contribution is -2.51. The van der Waals surface area contributed by atoms with E-state index in [1.807, 2.05) is 96.8 Å². The van der Waals surface area contributed by atoms with E-state index >= 15 is 0 Å². The molecule has 2 aliphatic heterocycles. The largest absolute Gasteiger partial charge is 0.375 e. The number of amides is 1. The second-order valence-electron chi connectivity index (χ2n) is 10.7. The lowest BCUT2D eigenvalue weighted by atomic mass is 10.1. The predicted molar refractivity (Wildman–Crippen MR) is 175 cm³/mol. The summed E-state index contributed by atoms with van der Waals surface area (Å²) in [6, 6.07) is 28.7. The van der Waals surface area contributed by atoms with E-state index in [4.69, 9.17) is 4.99 Å². The van der Waals surface area contributed by atoms with E-state index < -0.39 is 0 Å². The number of anilines is 3. The van der Waals surface area contributed by atoms with E-state index in [0.717, 1.165) is 64.4 Å². The second-order valence-corrected chi connectivity index (χ2v) is 11.5. The van der Waals surface area contributed by atoms with Gasteiger partial charge in [0.25, 0.3) is 11.6 Å². The fourth-order valence-corrected chi connectivity index (χ4v) is 5.82. The number of nitrogens with one attached hydrogen (secondary N) is 1. The third-order valence-corrected chi connectivity index (χ3v) is 8.73. The van der Waals surface area contributed by atoms with Gasteiger partial charge < -0.3 is 10.2 Å². The summed E-state index contributed by atoms with van der Waals surface area (Å²) in [5.41, 5.74) is 6.53. The van der Waals surface area contributed by atoms with Crippen molar-refractivity contribution in [1.29, 1.82) is 0 Å². The molecule has 0 spiro atoms. The quantitative estimate of drug-likeness (QED) is 0.174. The zero-order valence-corrected chi connectivity index (χ0v) is 25.3. The van der Waals surface area contributed by atoms with Gasteiger partial charge >= 0.3 is 0 Å². The molecule has 0 atom stereocenters. The van der Waals surface area contributed by atoms with E-state index in [1.165, 1.54) is 0 Å². The number of aliphatic imine (C=N–C) groups is 1. The van der Waals surface area contributed by atoms with Crippen LogP contribution in [0.15, 0.2) is 100 Å². The molecule has 43 heavy (non-hydrogen) atoms. The molecule has 218 valence electrons. The number of rotatable bonds is 8. The maximum Gasteiger partial charge on any atom is 0.292 e. The first-order valence-electron chi connectivity index (χ1n) is 14.2. The average Bonchev–Trinajstić information content (AvgIpc) is 3.28. The van der Waals surface area contributed by atoms with Crippen LogP contribution in [0.4, 0.5) is 28.4 Å². The summed E-state index contributed by atoms with van der Waals surface area (Å²) in [5.74, 6) is -0.107. The zero-order valence-electron chi connectivity index (χ0n) is 23.7. The van der Waals surface area contributed by atoms with Crippen molar-refractivity contribution >= 4 is 56.0 Å². The van der Waals surface area contributed by atoms with Crippen LogP contribution in [0.1, 0.15) is 16.7 Å². The normalized spacial score (nSPS) is 16.0. The maximum atomic E-state index is 13.7. The van der Waals surface area contributed by atoms with Gasteiger partial charge in [-0.2, -0.15) is 0 Å². The molecule has 1 saturated heterocycles. The molecule has 2 aliphatic rings. The monoisotopic (exact) mass is 638 g/mol. The van der Waals surface area contributed by atoms with E-state index in [2.05, 4.69) is 31.0 Å². The van der Waals surface area contributed by atoms with Gasteiger partial charge in [0.15, 0.2) is 0 Å². The van der Waals surface area contributed by atoms with Crippen molar-refractivity contribution in [2.24, 2.45) is 4.99 Å². The predicted octanol–water partition coefficient (Wildman–Crippen LogP) is 6.52. The summed E-state index contributed by atoms with van der Waals surface area (Å²) in [6.45, 7) is 5.93. The number of nitrogens with zero attached hydrogens (tertiary/aromatic N) is 5. The highest BCUT2D eigenvalue weighted by molar-refractivity contribution is 9.10. The number of benzene rings is 4. The molecule has 1 amide bonds. The number of nitro groups is 1. The van der Waals surface area contributed by atoms with Crippen molar-refractivity contribution in [2.45, 2.75) is 13.5 Å². The van der Waals surface area contributed by atoms with E-state index in [-0.39, 0.29) is 16.5 Å². The SMILES string of the molecule is Cc1ccc(N=C2C(=O)N(CN3CCN(c4ccc([N+](=O)[O-])c(NCc5ccccc5)c4)CC3)c3ccccc32)cc1Br. The smallest absolute Gasteiger partial charge is 0.292 e. The molecule has 0 saturated carbocycles. The van der Waals surface area contributed by atoms with Crippen LogP contribution < -0.4 is 15.1 Å². The summed E-state index contributed by atoms with van der Waals surface area (Å²) in [7, 11) is 0. The Bertz CT molecular complexity index is 1700. The minimum atomic E-state index is -0.352. The fourth-order valence-electron chi connectivity index (χ4n) is 5.45. The maximum absolute atomic E-state index is 13.7. The summed E-state index contributed by atoms with van der Waals surface area (Å²) >= 11 is 3.56. The van der Waals surface area contributed by atoms with Gasteiger partial charge in [0.05, 0.1) is 23.0 Å². The van der Waals surface area contributed by atoms with Gasteiger partial charge in [-0.1, -0.05) is 70.5 Å².